The highest BCUT2D eigenvalue weighted by molar-refractivity contribution is 6.00. The number of fused-ring (bicyclic) bond motifs is 1. The quantitative estimate of drug-likeness (QED) is 0.881. The monoisotopic (exact) mass is 276 g/mol. The molecule has 0 bridgehead atoms. The molecule has 0 spiro atoms. The first-order chi connectivity index (χ1) is 9.45. The lowest BCUT2D eigenvalue weighted by molar-refractivity contribution is 0.0699. The van der Waals surface area contributed by atoms with Crippen LogP contribution in [0.2, 0.25) is 0 Å². The molecule has 2 unspecified atom stereocenters. The van der Waals surface area contributed by atoms with E-state index in [1.54, 1.807) is 16.7 Å². The van der Waals surface area contributed by atoms with Crippen molar-refractivity contribution in [2.24, 2.45) is 5.92 Å². The number of nitrogens with one attached hydrogen (secondary N) is 1. The third-order valence-corrected chi connectivity index (χ3v) is 3.86. The van der Waals surface area contributed by atoms with Crippen molar-refractivity contribution in [3.63, 3.8) is 0 Å². The maximum absolute atomic E-state index is 12.1. The minimum Gasteiger partial charge on any atom is -0.478 e. The van der Waals surface area contributed by atoms with Gasteiger partial charge in [-0.1, -0.05) is 26.3 Å². The Hall–Kier alpha value is -2.04. The van der Waals surface area contributed by atoms with Crippen molar-refractivity contribution in [2.45, 2.75) is 39.7 Å². The van der Waals surface area contributed by atoms with Crippen molar-refractivity contribution in [2.75, 3.05) is 0 Å². The molecular formula is C15H20N2O3. The van der Waals surface area contributed by atoms with E-state index in [2.05, 4.69) is 18.8 Å². The zero-order valence-electron chi connectivity index (χ0n) is 12.0. The molecule has 0 aliphatic rings. The number of hydrogen-bond acceptors (Lipinski definition) is 2. The summed E-state index contributed by atoms with van der Waals surface area (Å²) in [7, 11) is 0. The molecule has 1 heterocycles. The standard InChI is InChI=1S/C15H20N2O3/c1-4-9(2)8-10(3)17-12-7-5-6-11(14(18)19)13(12)16-15(17)20/h5-7,9-10H,4,8H2,1-3H3,(H,16,20)(H,18,19). The Bertz CT molecular complexity index is 684. The van der Waals surface area contributed by atoms with Crippen molar-refractivity contribution >= 4 is 17.0 Å². The van der Waals surface area contributed by atoms with E-state index in [0.29, 0.717) is 17.0 Å². The van der Waals surface area contributed by atoms with Crippen LogP contribution < -0.4 is 5.69 Å². The highest BCUT2D eigenvalue weighted by Gasteiger charge is 2.18. The Labute approximate surface area is 117 Å². The second kappa shape index (κ2) is 5.53. The summed E-state index contributed by atoms with van der Waals surface area (Å²) in [6, 6.07) is 5.00. The number of aromatic amines is 1. The molecule has 108 valence electrons. The number of H-pyrrole nitrogens is 1. The van der Waals surface area contributed by atoms with Crippen LogP contribution in [0.25, 0.3) is 11.0 Å². The number of hydrogen-bond donors (Lipinski definition) is 2. The first-order valence-electron chi connectivity index (χ1n) is 6.92. The number of carboxylic acid groups (broad SMARTS) is 1. The molecule has 0 saturated carbocycles. The predicted molar refractivity (Wildman–Crippen MR) is 78.3 cm³/mol. The number of benzene rings is 1. The van der Waals surface area contributed by atoms with Gasteiger partial charge in [-0.05, 0) is 31.4 Å². The SMILES string of the molecule is CCC(C)CC(C)n1c(=O)[nH]c2c(C(=O)O)cccc21. The second-order valence-electron chi connectivity index (χ2n) is 5.40. The van der Waals surface area contributed by atoms with Gasteiger partial charge < -0.3 is 10.1 Å². The molecule has 0 aliphatic carbocycles. The van der Waals surface area contributed by atoms with Crippen LogP contribution in [0, 0.1) is 5.92 Å². The molecule has 5 nitrogen and oxygen atoms in total. The van der Waals surface area contributed by atoms with Crippen LogP contribution in [0.15, 0.2) is 23.0 Å². The molecule has 0 fully saturated rings. The summed E-state index contributed by atoms with van der Waals surface area (Å²) in [5.74, 6) is -0.511. The van der Waals surface area contributed by atoms with Gasteiger partial charge >= 0.3 is 11.7 Å². The van der Waals surface area contributed by atoms with Gasteiger partial charge in [0.05, 0.1) is 16.6 Å². The third kappa shape index (κ3) is 2.48. The van der Waals surface area contributed by atoms with Crippen molar-refractivity contribution in [1.29, 1.82) is 0 Å². The van der Waals surface area contributed by atoms with E-state index >= 15 is 0 Å². The van der Waals surface area contributed by atoms with Crippen LogP contribution >= 0.6 is 0 Å². The van der Waals surface area contributed by atoms with Gasteiger partial charge in [-0.2, -0.15) is 0 Å². The summed E-state index contributed by atoms with van der Waals surface area (Å²) < 4.78 is 1.66. The van der Waals surface area contributed by atoms with Crippen molar-refractivity contribution < 1.29 is 9.90 Å². The largest absolute Gasteiger partial charge is 0.478 e. The summed E-state index contributed by atoms with van der Waals surface area (Å²) in [6.07, 6.45) is 1.95. The Morgan fingerprint density at radius 2 is 2.10 bits per heavy atom. The zero-order chi connectivity index (χ0) is 14.9. The molecule has 20 heavy (non-hydrogen) atoms. The Kier molecular flexibility index (Phi) is 3.97. The van der Waals surface area contributed by atoms with Gasteiger partial charge in [0.1, 0.15) is 0 Å². The maximum Gasteiger partial charge on any atom is 0.337 e. The highest BCUT2D eigenvalue weighted by Crippen LogP contribution is 2.23. The molecule has 0 radical (unpaired) electrons. The number of carboxylic acids is 1. The molecule has 1 aromatic heterocycles. The Morgan fingerprint density at radius 1 is 1.40 bits per heavy atom. The Morgan fingerprint density at radius 3 is 2.70 bits per heavy atom. The number of carbonyl (C=O) groups is 1. The van der Waals surface area contributed by atoms with Crippen LogP contribution in [-0.2, 0) is 0 Å². The zero-order valence-corrected chi connectivity index (χ0v) is 12.0. The van der Waals surface area contributed by atoms with E-state index in [1.807, 2.05) is 6.92 Å². The number of para-hydroxylation sites is 1. The van der Waals surface area contributed by atoms with E-state index < -0.39 is 5.97 Å². The lowest BCUT2D eigenvalue weighted by Crippen LogP contribution is -2.21. The van der Waals surface area contributed by atoms with E-state index in [9.17, 15) is 14.7 Å². The molecule has 2 N–H and O–H groups in total. The van der Waals surface area contributed by atoms with Gasteiger partial charge in [0.25, 0.3) is 0 Å². The van der Waals surface area contributed by atoms with Gasteiger partial charge in [-0.3, -0.25) is 4.57 Å². The van der Waals surface area contributed by atoms with Crippen LogP contribution in [0.3, 0.4) is 0 Å². The molecule has 0 amide bonds. The summed E-state index contributed by atoms with van der Waals surface area (Å²) in [6.45, 7) is 6.27. The minimum atomic E-state index is -1.03. The molecule has 2 atom stereocenters. The van der Waals surface area contributed by atoms with Crippen molar-refractivity contribution in [3.05, 3.63) is 34.2 Å². The number of aromatic nitrogens is 2. The fraction of sp³-hybridized carbons (Fsp3) is 0.467. The maximum atomic E-state index is 12.1. The number of rotatable bonds is 5. The second-order valence-corrected chi connectivity index (χ2v) is 5.40. The van der Waals surface area contributed by atoms with E-state index in [4.69, 9.17) is 0 Å². The summed E-state index contributed by atoms with van der Waals surface area (Å²) in [5.41, 5.74) is 0.949. The van der Waals surface area contributed by atoms with Crippen molar-refractivity contribution in [1.82, 2.24) is 9.55 Å². The average Bonchev–Trinajstić information content (AvgIpc) is 2.73. The average molecular weight is 276 g/mol. The summed E-state index contributed by atoms with van der Waals surface area (Å²) >= 11 is 0. The highest BCUT2D eigenvalue weighted by atomic mass is 16.4. The molecule has 0 saturated heterocycles. The molecule has 2 rings (SSSR count). The van der Waals surface area contributed by atoms with Crippen LogP contribution in [-0.4, -0.2) is 20.6 Å². The molecular weight excluding hydrogens is 256 g/mol. The van der Waals surface area contributed by atoms with Gasteiger partial charge in [0.15, 0.2) is 0 Å². The Balaban J connectivity index is 2.55. The van der Waals surface area contributed by atoms with E-state index in [0.717, 1.165) is 12.8 Å². The van der Waals surface area contributed by atoms with Crippen LogP contribution in [0.5, 0.6) is 0 Å². The first kappa shape index (κ1) is 14.4. The lowest BCUT2D eigenvalue weighted by atomic mass is 10.00. The molecule has 5 heteroatoms. The third-order valence-electron chi connectivity index (χ3n) is 3.86. The smallest absolute Gasteiger partial charge is 0.337 e. The van der Waals surface area contributed by atoms with E-state index in [-0.39, 0.29) is 17.3 Å². The summed E-state index contributed by atoms with van der Waals surface area (Å²) in [4.78, 5) is 26.0. The molecule has 0 aliphatic heterocycles. The normalized spacial score (nSPS) is 14.3. The van der Waals surface area contributed by atoms with Crippen LogP contribution in [0.1, 0.15) is 50.0 Å². The number of imidazole rings is 1. The lowest BCUT2D eigenvalue weighted by Gasteiger charge is -2.17. The van der Waals surface area contributed by atoms with Gasteiger partial charge in [-0.25, -0.2) is 9.59 Å². The van der Waals surface area contributed by atoms with Gasteiger partial charge in [0, 0.05) is 6.04 Å². The minimum absolute atomic E-state index is 0.0373. The van der Waals surface area contributed by atoms with E-state index in [1.165, 1.54) is 6.07 Å². The number of nitrogens with zero attached hydrogens (tertiary/aromatic N) is 1. The molecule has 1 aromatic carbocycles. The van der Waals surface area contributed by atoms with Crippen molar-refractivity contribution in [3.8, 4) is 0 Å². The van der Waals surface area contributed by atoms with Crippen LogP contribution in [0.4, 0.5) is 0 Å². The predicted octanol–water partition coefficient (Wildman–Crippen LogP) is 3.03. The summed E-state index contributed by atoms with van der Waals surface area (Å²) in [5, 5.41) is 9.17. The topological polar surface area (TPSA) is 75.1 Å². The first-order valence-corrected chi connectivity index (χ1v) is 6.92. The number of aromatic carboxylic acids is 1. The fourth-order valence-corrected chi connectivity index (χ4v) is 2.62. The fourth-order valence-electron chi connectivity index (χ4n) is 2.62. The van der Waals surface area contributed by atoms with Gasteiger partial charge in [-0.15, -0.1) is 0 Å². The molecule has 2 aromatic rings. The van der Waals surface area contributed by atoms with Gasteiger partial charge in [0.2, 0.25) is 0 Å².